The average molecular weight is 384 g/mol. The van der Waals surface area contributed by atoms with Crippen molar-refractivity contribution in [2.45, 2.75) is 12.5 Å². The molecule has 4 rings (SSSR count). The maximum Gasteiger partial charge on any atom is 0.246 e. The van der Waals surface area contributed by atoms with Gasteiger partial charge in [-0.05, 0) is 36.8 Å². The fourth-order valence-electron chi connectivity index (χ4n) is 3.14. The number of carbonyl (C=O) groups excluding carboxylic acids is 1. The van der Waals surface area contributed by atoms with Crippen molar-refractivity contribution in [2.75, 3.05) is 18.4 Å². The van der Waals surface area contributed by atoms with Crippen LogP contribution in [0.25, 0.3) is 11.0 Å². The predicted molar refractivity (Wildman–Crippen MR) is 104 cm³/mol. The fourth-order valence-corrected chi connectivity index (χ4v) is 3.27. The zero-order chi connectivity index (χ0) is 18.8. The number of pyridine rings is 1. The third-order valence-electron chi connectivity index (χ3n) is 4.48. The molecule has 0 radical (unpaired) electrons. The van der Waals surface area contributed by atoms with Gasteiger partial charge in [0.25, 0.3) is 0 Å². The lowest BCUT2D eigenvalue weighted by Crippen LogP contribution is -2.30. The molecule has 1 aliphatic heterocycles. The van der Waals surface area contributed by atoms with Crippen molar-refractivity contribution in [3.63, 3.8) is 0 Å². The molecule has 0 unspecified atom stereocenters. The summed E-state index contributed by atoms with van der Waals surface area (Å²) < 4.78 is 6.01. The van der Waals surface area contributed by atoms with E-state index in [4.69, 9.17) is 16.3 Å². The number of likely N-dealkylation sites (tertiary alicyclic amines) is 1. The average Bonchev–Trinajstić information content (AvgIpc) is 3.31. The largest absolute Gasteiger partial charge is 0.456 e. The monoisotopic (exact) mass is 383 g/mol. The van der Waals surface area contributed by atoms with Crippen LogP contribution in [0.5, 0.6) is 11.5 Å². The molecular weight excluding hydrogens is 366 g/mol. The first-order valence-electron chi connectivity index (χ1n) is 8.58. The molecule has 1 atom stereocenters. The van der Waals surface area contributed by atoms with Gasteiger partial charge in [-0.2, -0.15) is 5.10 Å². The van der Waals surface area contributed by atoms with E-state index in [2.05, 4.69) is 27.1 Å². The number of anilines is 1. The number of aromatic amines is 1. The van der Waals surface area contributed by atoms with Gasteiger partial charge in [-0.25, -0.2) is 4.98 Å². The molecule has 3 heterocycles. The Morgan fingerprint density at radius 2 is 2.19 bits per heavy atom. The second kappa shape index (κ2) is 7.28. The van der Waals surface area contributed by atoms with Gasteiger partial charge in [0, 0.05) is 36.4 Å². The molecule has 0 spiro atoms. The van der Waals surface area contributed by atoms with E-state index in [0.717, 1.165) is 11.8 Å². The van der Waals surface area contributed by atoms with Crippen molar-refractivity contribution in [1.29, 1.82) is 0 Å². The van der Waals surface area contributed by atoms with E-state index >= 15 is 0 Å². The molecule has 27 heavy (non-hydrogen) atoms. The molecule has 1 saturated heterocycles. The normalized spacial score (nSPS) is 16.5. The number of hydrogen-bond donors (Lipinski definition) is 2. The van der Waals surface area contributed by atoms with E-state index in [1.165, 1.54) is 6.08 Å². The number of rotatable bonds is 5. The van der Waals surface area contributed by atoms with Crippen molar-refractivity contribution in [3.8, 4) is 11.5 Å². The first kappa shape index (κ1) is 17.4. The van der Waals surface area contributed by atoms with E-state index in [1.54, 1.807) is 41.4 Å². The van der Waals surface area contributed by atoms with E-state index < -0.39 is 0 Å². The minimum Gasteiger partial charge on any atom is -0.456 e. The first-order chi connectivity index (χ1) is 13.1. The van der Waals surface area contributed by atoms with Crippen LogP contribution in [-0.2, 0) is 4.79 Å². The Morgan fingerprint density at radius 3 is 2.96 bits per heavy atom. The molecule has 138 valence electrons. The predicted octanol–water partition coefficient (Wildman–Crippen LogP) is 3.60. The van der Waals surface area contributed by atoms with Gasteiger partial charge in [0.15, 0.2) is 11.5 Å². The van der Waals surface area contributed by atoms with Crippen LogP contribution in [0.2, 0.25) is 5.02 Å². The Bertz CT molecular complexity index is 985. The van der Waals surface area contributed by atoms with Crippen LogP contribution in [0.3, 0.4) is 0 Å². The van der Waals surface area contributed by atoms with E-state index in [9.17, 15) is 4.79 Å². The number of ether oxygens (including phenoxy) is 1. The Morgan fingerprint density at radius 1 is 1.37 bits per heavy atom. The van der Waals surface area contributed by atoms with Crippen LogP contribution < -0.4 is 10.1 Å². The van der Waals surface area contributed by atoms with Gasteiger partial charge in [0.1, 0.15) is 16.9 Å². The van der Waals surface area contributed by atoms with Gasteiger partial charge >= 0.3 is 0 Å². The van der Waals surface area contributed by atoms with Gasteiger partial charge in [-0.15, -0.1) is 0 Å². The number of H-pyrrole nitrogens is 1. The zero-order valence-corrected chi connectivity index (χ0v) is 15.2. The number of benzene rings is 1. The molecule has 0 saturated carbocycles. The molecule has 1 fully saturated rings. The molecule has 2 N–H and O–H groups in total. The summed E-state index contributed by atoms with van der Waals surface area (Å²) in [4.78, 5) is 17.9. The quantitative estimate of drug-likeness (QED) is 0.658. The Kier molecular flexibility index (Phi) is 4.68. The van der Waals surface area contributed by atoms with Crippen molar-refractivity contribution in [3.05, 3.63) is 54.2 Å². The summed E-state index contributed by atoms with van der Waals surface area (Å²) in [6.07, 6.45) is 3.84. The maximum atomic E-state index is 11.8. The number of nitrogens with zero attached hydrogens (tertiary/aromatic N) is 3. The summed E-state index contributed by atoms with van der Waals surface area (Å²) in [5.41, 5.74) is 0.626. The molecule has 2 aromatic heterocycles. The second-order valence-electron chi connectivity index (χ2n) is 6.28. The molecule has 0 aliphatic carbocycles. The van der Waals surface area contributed by atoms with Crippen LogP contribution in [0, 0.1) is 0 Å². The Labute approximate surface area is 161 Å². The van der Waals surface area contributed by atoms with Crippen LogP contribution in [-0.4, -0.2) is 45.1 Å². The highest BCUT2D eigenvalue weighted by Gasteiger charge is 2.26. The van der Waals surface area contributed by atoms with Gasteiger partial charge in [-0.3, -0.25) is 9.89 Å². The van der Waals surface area contributed by atoms with E-state index in [-0.39, 0.29) is 11.9 Å². The highest BCUT2D eigenvalue weighted by Crippen LogP contribution is 2.33. The number of aromatic nitrogens is 3. The number of amides is 1. The number of carbonyl (C=O) groups is 1. The van der Waals surface area contributed by atoms with Gasteiger partial charge in [0.05, 0.1) is 0 Å². The Hall–Kier alpha value is -3.06. The third-order valence-corrected chi connectivity index (χ3v) is 4.73. The molecule has 7 nitrogen and oxygen atoms in total. The van der Waals surface area contributed by atoms with Crippen molar-refractivity contribution in [2.24, 2.45) is 0 Å². The lowest BCUT2D eigenvalue weighted by molar-refractivity contribution is -0.125. The molecule has 1 amide bonds. The fraction of sp³-hybridized carbons (Fsp3) is 0.211. The number of halogens is 1. The first-order valence-corrected chi connectivity index (χ1v) is 8.96. The van der Waals surface area contributed by atoms with Crippen LogP contribution in [0.15, 0.2) is 49.2 Å². The molecule has 1 aromatic carbocycles. The number of hydrogen-bond acceptors (Lipinski definition) is 5. The topological polar surface area (TPSA) is 83.1 Å². The second-order valence-corrected chi connectivity index (χ2v) is 6.72. The smallest absolute Gasteiger partial charge is 0.246 e. The van der Waals surface area contributed by atoms with Gasteiger partial charge in [-0.1, -0.05) is 18.2 Å². The minimum absolute atomic E-state index is 0.0559. The highest BCUT2D eigenvalue weighted by molar-refractivity contribution is 6.30. The number of fused-ring (bicyclic) bond motifs is 1. The van der Waals surface area contributed by atoms with Crippen molar-refractivity contribution in [1.82, 2.24) is 20.1 Å². The summed E-state index contributed by atoms with van der Waals surface area (Å²) in [6.45, 7) is 4.84. The number of nitrogens with one attached hydrogen (secondary N) is 2. The Balaban J connectivity index is 1.58. The van der Waals surface area contributed by atoms with Gasteiger partial charge in [0.2, 0.25) is 5.91 Å². The third kappa shape index (κ3) is 3.59. The molecule has 1 aliphatic rings. The molecule has 0 bridgehead atoms. The lowest BCUT2D eigenvalue weighted by atomic mass is 10.2. The summed E-state index contributed by atoms with van der Waals surface area (Å²) in [7, 11) is 0. The van der Waals surface area contributed by atoms with Crippen LogP contribution in [0.4, 0.5) is 5.82 Å². The van der Waals surface area contributed by atoms with E-state index in [0.29, 0.717) is 41.1 Å². The van der Waals surface area contributed by atoms with Gasteiger partial charge < -0.3 is 15.0 Å². The molecule has 8 heteroatoms. The maximum absolute atomic E-state index is 11.8. The summed E-state index contributed by atoms with van der Waals surface area (Å²) >= 11 is 5.93. The SMILES string of the molecule is C=CC(=O)N1CC[C@@H](Nc2n[nH]c3nccc(Oc4ccc(Cl)cc4)c23)C1. The lowest BCUT2D eigenvalue weighted by Gasteiger charge is -2.15. The minimum atomic E-state index is -0.0559. The highest BCUT2D eigenvalue weighted by atomic mass is 35.5. The summed E-state index contributed by atoms with van der Waals surface area (Å²) in [5, 5.41) is 12.1. The van der Waals surface area contributed by atoms with E-state index in [1.807, 2.05) is 0 Å². The molecule has 3 aromatic rings. The summed E-state index contributed by atoms with van der Waals surface area (Å²) in [5.74, 6) is 1.90. The van der Waals surface area contributed by atoms with Crippen LogP contribution >= 0.6 is 11.6 Å². The van der Waals surface area contributed by atoms with Crippen molar-refractivity contribution < 1.29 is 9.53 Å². The standard InChI is InChI=1S/C19H18ClN5O2/c1-2-16(26)25-10-8-13(11-25)22-19-17-15(7-9-21-18(17)23-24-19)27-14-5-3-12(20)4-6-14/h2-7,9,13H,1,8,10-11H2,(H2,21,22,23,24)/t13-/m1/s1. The zero-order valence-electron chi connectivity index (χ0n) is 14.5. The summed E-state index contributed by atoms with van der Waals surface area (Å²) in [6, 6.07) is 9.04. The van der Waals surface area contributed by atoms with Crippen molar-refractivity contribution >= 4 is 34.4 Å². The molecular formula is C19H18ClN5O2. The van der Waals surface area contributed by atoms with Crippen LogP contribution in [0.1, 0.15) is 6.42 Å².